The molecule has 6 heteroatoms. The SMILES string of the molecule is COc1ccc([C@H]2Oc3c(OC)cccc3[C@H]3CC(c4ccc(Cl)cc4)=NN32)cc1. The van der Waals surface area contributed by atoms with Gasteiger partial charge in [-0.15, -0.1) is 0 Å². The van der Waals surface area contributed by atoms with Gasteiger partial charge in [-0.2, -0.15) is 5.10 Å². The number of halogens is 1. The Hall–Kier alpha value is -3.18. The molecule has 3 aromatic carbocycles. The number of hydrazone groups is 1. The number of hydrogen-bond acceptors (Lipinski definition) is 5. The van der Waals surface area contributed by atoms with Crippen LogP contribution in [-0.4, -0.2) is 24.9 Å². The maximum atomic E-state index is 6.46. The standard InChI is InChI=1S/C24H21ClN2O3/c1-28-18-12-8-16(9-13-18)24-27-21(19-4-3-5-22(29-2)23(19)30-24)14-20(26-27)15-6-10-17(25)11-7-15/h3-13,21,24H,14H2,1-2H3/t21-,24-/m1/s1. The molecule has 152 valence electrons. The minimum absolute atomic E-state index is 0.0571. The first-order chi connectivity index (χ1) is 14.7. The zero-order valence-corrected chi connectivity index (χ0v) is 17.5. The number of fused-ring (bicyclic) bond motifs is 3. The van der Waals surface area contributed by atoms with Crippen LogP contribution in [-0.2, 0) is 0 Å². The molecule has 5 rings (SSSR count). The van der Waals surface area contributed by atoms with E-state index in [1.54, 1.807) is 14.2 Å². The van der Waals surface area contributed by atoms with Crippen LogP contribution in [0.5, 0.6) is 17.2 Å². The Bertz CT molecular complexity index is 1100. The predicted octanol–water partition coefficient (Wildman–Crippen LogP) is 5.60. The van der Waals surface area contributed by atoms with Crippen molar-refractivity contribution in [3.05, 3.63) is 88.4 Å². The second kappa shape index (κ2) is 7.58. The van der Waals surface area contributed by atoms with E-state index in [0.29, 0.717) is 5.02 Å². The van der Waals surface area contributed by atoms with Crippen LogP contribution in [0.15, 0.2) is 71.8 Å². The minimum atomic E-state index is -0.366. The van der Waals surface area contributed by atoms with Crippen LogP contribution >= 0.6 is 11.6 Å². The zero-order chi connectivity index (χ0) is 20.7. The molecule has 0 aliphatic carbocycles. The van der Waals surface area contributed by atoms with Crippen molar-refractivity contribution in [2.45, 2.75) is 18.7 Å². The molecule has 0 saturated carbocycles. The van der Waals surface area contributed by atoms with E-state index in [-0.39, 0.29) is 12.3 Å². The Morgan fingerprint density at radius 2 is 1.73 bits per heavy atom. The topological polar surface area (TPSA) is 43.3 Å². The van der Waals surface area contributed by atoms with Crippen LogP contribution in [0.2, 0.25) is 5.02 Å². The van der Waals surface area contributed by atoms with Crippen molar-refractivity contribution in [3.8, 4) is 17.2 Å². The van der Waals surface area contributed by atoms with E-state index in [1.807, 2.05) is 65.7 Å². The van der Waals surface area contributed by atoms with Gasteiger partial charge < -0.3 is 14.2 Å². The molecule has 2 heterocycles. The zero-order valence-electron chi connectivity index (χ0n) is 16.7. The molecule has 0 bridgehead atoms. The third kappa shape index (κ3) is 3.15. The summed E-state index contributed by atoms with van der Waals surface area (Å²) in [5.41, 5.74) is 4.14. The number of rotatable bonds is 4. The molecule has 2 aliphatic rings. The highest BCUT2D eigenvalue weighted by Gasteiger charge is 2.42. The number of para-hydroxylation sites is 1. The Kier molecular flexibility index (Phi) is 4.75. The van der Waals surface area contributed by atoms with Crippen LogP contribution in [0.25, 0.3) is 0 Å². The molecular weight excluding hydrogens is 400 g/mol. The van der Waals surface area contributed by atoms with Crippen LogP contribution in [0.1, 0.15) is 35.4 Å². The number of benzene rings is 3. The molecule has 3 aromatic rings. The van der Waals surface area contributed by atoms with Crippen LogP contribution in [0, 0.1) is 0 Å². The van der Waals surface area contributed by atoms with Crippen molar-refractivity contribution < 1.29 is 14.2 Å². The summed E-state index contributed by atoms with van der Waals surface area (Å²) in [6.07, 6.45) is 0.409. The van der Waals surface area contributed by atoms with Gasteiger partial charge in [0.2, 0.25) is 6.23 Å². The number of methoxy groups -OCH3 is 2. The van der Waals surface area contributed by atoms with Crippen molar-refractivity contribution >= 4 is 17.3 Å². The molecule has 0 spiro atoms. The molecule has 0 amide bonds. The van der Waals surface area contributed by atoms with Gasteiger partial charge in [0.15, 0.2) is 11.5 Å². The summed E-state index contributed by atoms with van der Waals surface area (Å²) in [4.78, 5) is 0. The van der Waals surface area contributed by atoms with Crippen LogP contribution < -0.4 is 14.2 Å². The number of nitrogens with zero attached hydrogens (tertiary/aromatic N) is 2. The van der Waals surface area contributed by atoms with Gasteiger partial charge in [-0.3, -0.25) is 0 Å². The lowest BCUT2D eigenvalue weighted by atomic mass is 9.95. The summed E-state index contributed by atoms with van der Waals surface area (Å²) in [5.74, 6) is 2.30. The molecule has 0 unspecified atom stereocenters. The monoisotopic (exact) mass is 420 g/mol. The summed E-state index contributed by atoms with van der Waals surface area (Å²) in [5, 5.41) is 7.74. The second-order valence-electron chi connectivity index (χ2n) is 7.28. The summed E-state index contributed by atoms with van der Waals surface area (Å²) < 4.78 is 17.4. The Morgan fingerprint density at radius 3 is 2.43 bits per heavy atom. The highest BCUT2D eigenvalue weighted by Crippen LogP contribution is 2.50. The summed E-state index contributed by atoms with van der Waals surface area (Å²) in [6.45, 7) is 0. The van der Waals surface area contributed by atoms with Crippen LogP contribution in [0.4, 0.5) is 0 Å². The lowest BCUT2D eigenvalue weighted by Gasteiger charge is -2.38. The summed E-state index contributed by atoms with van der Waals surface area (Å²) >= 11 is 6.07. The average Bonchev–Trinajstić information content (AvgIpc) is 3.24. The van der Waals surface area contributed by atoms with Gasteiger partial charge in [0, 0.05) is 22.6 Å². The fourth-order valence-corrected chi connectivity index (χ4v) is 4.18. The first kappa shape index (κ1) is 18.8. The van der Waals surface area contributed by atoms with Crippen molar-refractivity contribution in [1.82, 2.24) is 5.01 Å². The molecule has 0 fully saturated rings. The second-order valence-corrected chi connectivity index (χ2v) is 7.71. The first-order valence-corrected chi connectivity index (χ1v) is 10.1. The van der Waals surface area contributed by atoms with E-state index < -0.39 is 0 Å². The lowest BCUT2D eigenvalue weighted by molar-refractivity contribution is -0.0209. The van der Waals surface area contributed by atoms with Gasteiger partial charge in [0.1, 0.15) is 5.75 Å². The van der Waals surface area contributed by atoms with Crippen molar-refractivity contribution in [1.29, 1.82) is 0 Å². The molecule has 5 nitrogen and oxygen atoms in total. The van der Waals surface area contributed by atoms with Gasteiger partial charge in [-0.05, 0) is 48.0 Å². The maximum Gasteiger partial charge on any atom is 0.214 e. The molecule has 0 saturated heterocycles. The van der Waals surface area contributed by atoms with E-state index in [0.717, 1.165) is 46.1 Å². The normalized spacial score (nSPS) is 19.4. The van der Waals surface area contributed by atoms with Crippen molar-refractivity contribution in [2.75, 3.05) is 14.2 Å². The molecule has 2 aliphatic heterocycles. The van der Waals surface area contributed by atoms with E-state index in [9.17, 15) is 0 Å². The fourth-order valence-electron chi connectivity index (χ4n) is 4.05. The van der Waals surface area contributed by atoms with Gasteiger partial charge in [0.05, 0.1) is 26.0 Å². The lowest BCUT2D eigenvalue weighted by Crippen LogP contribution is -2.33. The van der Waals surface area contributed by atoms with Gasteiger partial charge in [0.25, 0.3) is 0 Å². The molecule has 30 heavy (non-hydrogen) atoms. The summed E-state index contributed by atoms with van der Waals surface area (Å²) in [7, 11) is 3.32. The molecule has 0 radical (unpaired) electrons. The maximum absolute atomic E-state index is 6.46. The summed E-state index contributed by atoms with van der Waals surface area (Å²) in [6, 6.07) is 21.8. The molecular formula is C24H21ClN2O3. The van der Waals surface area contributed by atoms with E-state index in [2.05, 4.69) is 6.07 Å². The van der Waals surface area contributed by atoms with E-state index >= 15 is 0 Å². The molecule has 2 atom stereocenters. The first-order valence-electron chi connectivity index (χ1n) is 9.77. The third-order valence-electron chi connectivity index (χ3n) is 5.58. The molecule has 0 aromatic heterocycles. The number of hydrogen-bond donors (Lipinski definition) is 0. The Balaban J connectivity index is 1.59. The van der Waals surface area contributed by atoms with Gasteiger partial charge >= 0.3 is 0 Å². The smallest absolute Gasteiger partial charge is 0.214 e. The van der Waals surface area contributed by atoms with Crippen molar-refractivity contribution in [3.63, 3.8) is 0 Å². The van der Waals surface area contributed by atoms with E-state index in [4.69, 9.17) is 30.9 Å². The Labute approximate surface area is 180 Å². The van der Waals surface area contributed by atoms with E-state index in [1.165, 1.54) is 0 Å². The van der Waals surface area contributed by atoms with Gasteiger partial charge in [-0.25, -0.2) is 5.01 Å². The predicted molar refractivity (Wildman–Crippen MR) is 117 cm³/mol. The minimum Gasteiger partial charge on any atom is -0.497 e. The third-order valence-corrected chi connectivity index (χ3v) is 5.83. The Morgan fingerprint density at radius 1 is 0.967 bits per heavy atom. The van der Waals surface area contributed by atoms with Crippen LogP contribution in [0.3, 0.4) is 0 Å². The average molecular weight is 421 g/mol. The number of ether oxygens (including phenoxy) is 3. The molecule has 0 N–H and O–H groups in total. The van der Waals surface area contributed by atoms with Gasteiger partial charge in [-0.1, -0.05) is 35.9 Å². The highest BCUT2D eigenvalue weighted by molar-refractivity contribution is 6.30. The van der Waals surface area contributed by atoms with Crippen molar-refractivity contribution in [2.24, 2.45) is 5.10 Å². The quantitative estimate of drug-likeness (QED) is 0.551. The largest absolute Gasteiger partial charge is 0.497 e. The fraction of sp³-hybridized carbons (Fsp3) is 0.208. The highest BCUT2D eigenvalue weighted by atomic mass is 35.5.